The number of furan rings is 1. The van der Waals surface area contributed by atoms with Crippen LogP contribution in [0.4, 0.5) is 4.39 Å². The summed E-state index contributed by atoms with van der Waals surface area (Å²) < 4.78 is 19.1. The SMILES string of the molecule is Cl.Fc1ccc(-c2cccc3cc(C4=NCCN4)oc23)cc1. The van der Waals surface area contributed by atoms with Crippen molar-refractivity contribution in [3.8, 4) is 11.1 Å². The van der Waals surface area contributed by atoms with Crippen molar-refractivity contribution in [1.29, 1.82) is 0 Å². The van der Waals surface area contributed by atoms with Crippen LogP contribution in [0.5, 0.6) is 0 Å². The molecule has 0 fully saturated rings. The van der Waals surface area contributed by atoms with Crippen molar-refractivity contribution < 1.29 is 8.81 Å². The molecule has 2 heterocycles. The molecule has 1 aromatic heterocycles. The fourth-order valence-corrected chi connectivity index (χ4v) is 2.60. The summed E-state index contributed by atoms with van der Waals surface area (Å²) in [6, 6.07) is 14.4. The van der Waals surface area contributed by atoms with Crippen molar-refractivity contribution in [2.24, 2.45) is 4.99 Å². The summed E-state index contributed by atoms with van der Waals surface area (Å²) in [5.41, 5.74) is 2.69. The van der Waals surface area contributed by atoms with E-state index in [0.29, 0.717) is 0 Å². The van der Waals surface area contributed by atoms with Crippen LogP contribution in [0.2, 0.25) is 0 Å². The topological polar surface area (TPSA) is 37.5 Å². The van der Waals surface area contributed by atoms with Gasteiger partial charge in [-0.1, -0.05) is 30.3 Å². The van der Waals surface area contributed by atoms with Gasteiger partial charge in [-0.15, -0.1) is 12.4 Å². The zero-order valence-corrected chi connectivity index (χ0v) is 12.5. The van der Waals surface area contributed by atoms with Crippen LogP contribution in [0, 0.1) is 5.82 Å². The summed E-state index contributed by atoms with van der Waals surface area (Å²) >= 11 is 0. The number of hydrogen-bond acceptors (Lipinski definition) is 3. The van der Waals surface area contributed by atoms with E-state index in [1.165, 1.54) is 12.1 Å². The van der Waals surface area contributed by atoms with Gasteiger partial charge in [0.1, 0.15) is 11.4 Å². The monoisotopic (exact) mass is 316 g/mol. The molecule has 4 rings (SSSR count). The quantitative estimate of drug-likeness (QED) is 0.775. The Hall–Kier alpha value is -2.33. The molecule has 0 unspecified atom stereocenters. The maximum Gasteiger partial charge on any atom is 0.170 e. The Morgan fingerprint density at radius 2 is 1.91 bits per heavy atom. The van der Waals surface area contributed by atoms with Crippen molar-refractivity contribution in [2.75, 3.05) is 13.1 Å². The van der Waals surface area contributed by atoms with Crippen molar-refractivity contribution >= 4 is 29.2 Å². The molecule has 22 heavy (non-hydrogen) atoms. The molecule has 112 valence electrons. The third-order valence-electron chi connectivity index (χ3n) is 3.61. The van der Waals surface area contributed by atoms with Crippen LogP contribution in [-0.4, -0.2) is 18.9 Å². The van der Waals surface area contributed by atoms with Crippen LogP contribution in [0.15, 0.2) is 57.9 Å². The van der Waals surface area contributed by atoms with E-state index < -0.39 is 0 Å². The molecule has 0 saturated carbocycles. The Kier molecular flexibility index (Phi) is 3.86. The molecule has 1 aliphatic rings. The highest BCUT2D eigenvalue weighted by Crippen LogP contribution is 2.31. The Bertz CT molecular complexity index is 839. The van der Waals surface area contributed by atoms with Crippen molar-refractivity contribution in [3.63, 3.8) is 0 Å². The smallest absolute Gasteiger partial charge is 0.170 e. The summed E-state index contributed by atoms with van der Waals surface area (Å²) in [5.74, 6) is 1.31. The molecule has 3 aromatic rings. The van der Waals surface area contributed by atoms with Gasteiger partial charge in [-0.3, -0.25) is 4.99 Å². The molecule has 5 heteroatoms. The number of amidine groups is 1. The Balaban J connectivity index is 0.00000144. The predicted octanol–water partition coefficient (Wildman–Crippen LogP) is 4.01. The fourth-order valence-electron chi connectivity index (χ4n) is 2.60. The molecule has 0 spiro atoms. The fraction of sp³-hybridized carbons (Fsp3) is 0.118. The van der Waals surface area contributed by atoms with Gasteiger partial charge in [0.25, 0.3) is 0 Å². The number of nitrogens with one attached hydrogen (secondary N) is 1. The van der Waals surface area contributed by atoms with Crippen LogP contribution in [-0.2, 0) is 0 Å². The first-order valence-corrected chi connectivity index (χ1v) is 6.88. The first kappa shape index (κ1) is 14.6. The van der Waals surface area contributed by atoms with Crippen molar-refractivity contribution in [1.82, 2.24) is 5.32 Å². The number of aliphatic imine (C=N–C) groups is 1. The minimum absolute atomic E-state index is 0. The lowest BCUT2D eigenvalue weighted by atomic mass is 10.0. The molecule has 2 aromatic carbocycles. The molecular weight excluding hydrogens is 303 g/mol. The molecule has 0 radical (unpaired) electrons. The number of hydrogen-bond donors (Lipinski definition) is 1. The highest BCUT2D eigenvalue weighted by atomic mass is 35.5. The second kappa shape index (κ2) is 5.81. The Morgan fingerprint density at radius 3 is 2.64 bits per heavy atom. The lowest BCUT2D eigenvalue weighted by Crippen LogP contribution is -2.18. The molecule has 0 saturated heterocycles. The Morgan fingerprint density at radius 1 is 1.09 bits per heavy atom. The normalized spacial score (nSPS) is 13.6. The van der Waals surface area contributed by atoms with Crippen LogP contribution in [0.25, 0.3) is 22.1 Å². The number of halogens is 2. The highest BCUT2D eigenvalue weighted by Gasteiger charge is 2.15. The van der Waals surface area contributed by atoms with Crippen molar-refractivity contribution in [2.45, 2.75) is 0 Å². The lowest BCUT2D eigenvalue weighted by molar-refractivity contribution is 0.602. The average molecular weight is 317 g/mol. The summed E-state index contributed by atoms with van der Waals surface area (Å²) in [6.07, 6.45) is 0. The van der Waals surface area contributed by atoms with E-state index >= 15 is 0 Å². The molecule has 0 amide bonds. The first-order chi connectivity index (χ1) is 10.3. The largest absolute Gasteiger partial charge is 0.452 e. The van der Waals surface area contributed by atoms with E-state index in [1.54, 1.807) is 12.1 Å². The van der Waals surface area contributed by atoms with E-state index in [-0.39, 0.29) is 18.2 Å². The van der Waals surface area contributed by atoms with E-state index in [2.05, 4.69) is 10.3 Å². The van der Waals surface area contributed by atoms with Gasteiger partial charge in [0, 0.05) is 17.5 Å². The molecule has 0 bridgehead atoms. The molecule has 0 atom stereocenters. The second-order valence-electron chi connectivity index (χ2n) is 5.00. The van der Waals surface area contributed by atoms with E-state index in [0.717, 1.165) is 46.8 Å². The molecule has 3 nitrogen and oxygen atoms in total. The molecule has 1 aliphatic heterocycles. The second-order valence-corrected chi connectivity index (χ2v) is 5.00. The predicted molar refractivity (Wildman–Crippen MR) is 88.3 cm³/mol. The van der Waals surface area contributed by atoms with Gasteiger partial charge < -0.3 is 9.73 Å². The lowest BCUT2D eigenvalue weighted by Gasteiger charge is -2.02. The number of para-hydroxylation sites is 1. The summed E-state index contributed by atoms with van der Waals surface area (Å²) in [5, 5.41) is 4.22. The van der Waals surface area contributed by atoms with E-state index in [4.69, 9.17) is 4.42 Å². The van der Waals surface area contributed by atoms with Gasteiger partial charge in [0.05, 0.1) is 6.54 Å². The minimum Gasteiger partial charge on any atom is -0.452 e. The molecular formula is C17H14ClFN2O. The molecule has 0 aliphatic carbocycles. The van der Waals surface area contributed by atoms with Crippen LogP contribution in [0.1, 0.15) is 5.76 Å². The van der Waals surface area contributed by atoms with Crippen LogP contribution < -0.4 is 5.32 Å². The maximum absolute atomic E-state index is 13.1. The third-order valence-corrected chi connectivity index (χ3v) is 3.61. The molecule has 1 N–H and O–H groups in total. The van der Waals surface area contributed by atoms with Crippen molar-refractivity contribution in [3.05, 3.63) is 60.1 Å². The number of nitrogens with zero attached hydrogens (tertiary/aromatic N) is 1. The zero-order valence-electron chi connectivity index (χ0n) is 11.7. The van der Waals surface area contributed by atoms with Crippen LogP contribution >= 0.6 is 12.4 Å². The maximum atomic E-state index is 13.1. The van der Waals surface area contributed by atoms with E-state index in [9.17, 15) is 4.39 Å². The minimum atomic E-state index is -0.240. The summed E-state index contributed by atoms with van der Waals surface area (Å²) in [6.45, 7) is 1.62. The third kappa shape index (κ3) is 2.46. The number of benzene rings is 2. The van der Waals surface area contributed by atoms with E-state index in [1.807, 2.05) is 24.3 Å². The Labute approximate surface area is 133 Å². The van der Waals surface area contributed by atoms with Gasteiger partial charge in [0.2, 0.25) is 0 Å². The summed E-state index contributed by atoms with van der Waals surface area (Å²) in [4.78, 5) is 4.38. The zero-order chi connectivity index (χ0) is 14.2. The van der Waals surface area contributed by atoms with Gasteiger partial charge in [-0.2, -0.15) is 0 Å². The number of fused-ring (bicyclic) bond motifs is 1. The van der Waals surface area contributed by atoms with Gasteiger partial charge in [-0.25, -0.2) is 4.39 Å². The van der Waals surface area contributed by atoms with Crippen LogP contribution in [0.3, 0.4) is 0 Å². The summed E-state index contributed by atoms with van der Waals surface area (Å²) in [7, 11) is 0. The first-order valence-electron chi connectivity index (χ1n) is 6.88. The van der Waals surface area contributed by atoms with Gasteiger partial charge in [0.15, 0.2) is 11.6 Å². The van der Waals surface area contributed by atoms with Gasteiger partial charge in [-0.05, 0) is 23.8 Å². The number of rotatable bonds is 2. The average Bonchev–Trinajstić information content (AvgIpc) is 3.16. The van der Waals surface area contributed by atoms with Gasteiger partial charge >= 0.3 is 0 Å². The highest BCUT2D eigenvalue weighted by molar-refractivity contribution is 6.03. The standard InChI is InChI=1S/C17H13FN2O.ClH/c18-13-6-4-11(5-7-13)14-3-1-2-12-10-15(21-16(12)14)17-19-8-9-20-17;/h1-7,10H,8-9H2,(H,19,20);1H.